The Morgan fingerprint density at radius 1 is 1.24 bits per heavy atom. The van der Waals surface area contributed by atoms with Crippen molar-refractivity contribution in [1.29, 1.82) is 0 Å². The van der Waals surface area contributed by atoms with Gasteiger partial charge in [-0.15, -0.1) is 0 Å². The number of H-pyrrole nitrogens is 2. The van der Waals surface area contributed by atoms with E-state index in [2.05, 4.69) is 30.8 Å². The minimum atomic E-state index is -0.273. The molecule has 1 aromatic carbocycles. The number of hydrogen-bond acceptors (Lipinski definition) is 4. The topological polar surface area (TPSA) is 104 Å². The van der Waals surface area contributed by atoms with Gasteiger partial charge in [0.05, 0.1) is 23.6 Å². The molecule has 0 saturated heterocycles. The molecule has 126 valence electrons. The van der Waals surface area contributed by atoms with Crippen LogP contribution in [0.4, 0.5) is 5.69 Å². The van der Waals surface area contributed by atoms with Gasteiger partial charge in [0.15, 0.2) is 5.69 Å². The van der Waals surface area contributed by atoms with Crippen LogP contribution in [0.15, 0.2) is 43.0 Å². The molecule has 8 nitrogen and oxygen atoms in total. The van der Waals surface area contributed by atoms with Crippen LogP contribution in [0.5, 0.6) is 0 Å². The molecule has 3 heterocycles. The van der Waals surface area contributed by atoms with Gasteiger partial charge in [0.1, 0.15) is 0 Å². The van der Waals surface area contributed by atoms with E-state index in [0.29, 0.717) is 11.4 Å². The van der Waals surface area contributed by atoms with Gasteiger partial charge in [0.2, 0.25) is 0 Å². The molecule has 0 spiro atoms. The number of amides is 1. The van der Waals surface area contributed by atoms with Gasteiger partial charge in [0, 0.05) is 29.4 Å². The molecule has 0 aliphatic rings. The van der Waals surface area contributed by atoms with Crippen molar-refractivity contribution in [3.8, 4) is 11.1 Å². The zero-order chi connectivity index (χ0) is 17.4. The summed E-state index contributed by atoms with van der Waals surface area (Å²) in [6, 6.07) is 6.00. The van der Waals surface area contributed by atoms with Crippen molar-refractivity contribution in [3.05, 3.63) is 48.7 Å². The van der Waals surface area contributed by atoms with Gasteiger partial charge in [-0.1, -0.05) is 6.07 Å². The van der Waals surface area contributed by atoms with E-state index >= 15 is 0 Å². The van der Waals surface area contributed by atoms with Crippen molar-refractivity contribution >= 4 is 22.5 Å². The molecule has 4 aromatic rings. The number of carbonyl (C=O) groups is 1. The van der Waals surface area contributed by atoms with Crippen molar-refractivity contribution in [3.63, 3.8) is 0 Å². The predicted molar refractivity (Wildman–Crippen MR) is 94.2 cm³/mol. The molecule has 0 atom stereocenters. The summed E-state index contributed by atoms with van der Waals surface area (Å²) >= 11 is 0. The van der Waals surface area contributed by atoms with Crippen molar-refractivity contribution in [1.82, 2.24) is 30.2 Å². The molecule has 1 amide bonds. The molecular formula is C17H17N7O. The predicted octanol–water partition coefficient (Wildman–Crippen LogP) is 2.98. The van der Waals surface area contributed by atoms with Crippen molar-refractivity contribution < 1.29 is 4.79 Å². The maximum absolute atomic E-state index is 12.5. The molecule has 0 saturated carbocycles. The lowest BCUT2D eigenvalue weighted by molar-refractivity contribution is 0.102. The Morgan fingerprint density at radius 2 is 2.12 bits per heavy atom. The second-order valence-corrected chi connectivity index (χ2v) is 6.08. The first-order valence-electron chi connectivity index (χ1n) is 7.94. The van der Waals surface area contributed by atoms with Crippen LogP contribution < -0.4 is 5.32 Å². The molecule has 4 rings (SSSR count). The number of benzene rings is 1. The number of nitrogens with zero attached hydrogens (tertiary/aromatic N) is 4. The van der Waals surface area contributed by atoms with Crippen LogP contribution in [0.3, 0.4) is 0 Å². The van der Waals surface area contributed by atoms with Crippen LogP contribution in [0.1, 0.15) is 30.4 Å². The molecular weight excluding hydrogens is 318 g/mol. The Bertz CT molecular complexity index is 1030. The van der Waals surface area contributed by atoms with E-state index in [-0.39, 0.29) is 11.9 Å². The molecule has 0 fully saturated rings. The van der Waals surface area contributed by atoms with E-state index in [4.69, 9.17) is 0 Å². The third kappa shape index (κ3) is 2.78. The average Bonchev–Trinajstić information content (AvgIpc) is 3.34. The lowest BCUT2D eigenvalue weighted by Crippen LogP contribution is -2.12. The summed E-state index contributed by atoms with van der Waals surface area (Å²) < 4.78 is 1.79. The number of nitrogens with one attached hydrogen (secondary N) is 3. The minimum absolute atomic E-state index is 0.234. The molecule has 0 aliphatic heterocycles. The number of anilines is 1. The van der Waals surface area contributed by atoms with Crippen LogP contribution in [0, 0.1) is 0 Å². The van der Waals surface area contributed by atoms with Gasteiger partial charge < -0.3 is 5.32 Å². The maximum atomic E-state index is 12.5. The van der Waals surface area contributed by atoms with Crippen LogP contribution >= 0.6 is 0 Å². The fourth-order valence-corrected chi connectivity index (χ4v) is 2.66. The first kappa shape index (κ1) is 15.1. The Morgan fingerprint density at radius 3 is 2.84 bits per heavy atom. The summed E-state index contributed by atoms with van der Waals surface area (Å²) in [5.41, 5.74) is 3.76. The monoisotopic (exact) mass is 335 g/mol. The van der Waals surface area contributed by atoms with Gasteiger partial charge in [-0.3, -0.25) is 19.7 Å². The van der Waals surface area contributed by atoms with Gasteiger partial charge >= 0.3 is 0 Å². The second-order valence-electron chi connectivity index (χ2n) is 6.08. The van der Waals surface area contributed by atoms with Gasteiger partial charge in [-0.2, -0.15) is 15.3 Å². The van der Waals surface area contributed by atoms with E-state index in [0.717, 1.165) is 22.0 Å². The highest BCUT2D eigenvalue weighted by Gasteiger charge is 2.16. The first-order chi connectivity index (χ1) is 12.1. The lowest BCUT2D eigenvalue weighted by atomic mass is 10.1. The Labute approximate surface area is 143 Å². The third-order valence-electron chi connectivity index (χ3n) is 4.00. The van der Waals surface area contributed by atoms with Crippen molar-refractivity contribution in [2.75, 3.05) is 5.32 Å². The molecule has 25 heavy (non-hydrogen) atoms. The van der Waals surface area contributed by atoms with Crippen LogP contribution in [-0.4, -0.2) is 36.1 Å². The third-order valence-corrected chi connectivity index (χ3v) is 4.00. The van der Waals surface area contributed by atoms with E-state index in [9.17, 15) is 4.79 Å². The largest absolute Gasteiger partial charge is 0.318 e. The van der Waals surface area contributed by atoms with E-state index in [1.165, 1.54) is 0 Å². The summed E-state index contributed by atoms with van der Waals surface area (Å²) in [6.45, 7) is 4.05. The Balaban J connectivity index is 1.61. The number of aromatic amines is 2. The molecule has 0 aliphatic carbocycles. The summed E-state index contributed by atoms with van der Waals surface area (Å²) in [7, 11) is 0. The quantitative estimate of drug-likeness (QED) is 0.533. The van der Waals surface area contributed by atoms with Gasteiger partial charge in [-0.05, 0) is 31.5 Å². The first-order valence-corrected chi connectivity index (χ1v) is 7.94. The van der Waals surface area contributed by atoms with E-state index in [1.54, 1.807) is 23.3 Å². The fraction of sp³-hybridized carbons (Fsp3) is 0.176. The maximum Gasteiger partial charge on any atom is 0.276 e. The summed E-state index contributed by atoms with van der Waals surface area (Å²) in [4.78, 5) is 12.5. The second kappa shape index (κ2) is 5.90. The van der Waals surface area contributed by atoms with Crippen LogP contribution in [0.2, 0.25) is 0 Å². The molecule has 3 N–H and O–H groups in total. The summed E-state index contributed by atoms with van der Waals surface area (Å²) in [5.74, 6) is -0.273. The van der Waals surface area contributed by atoms with Gasteiger partial charge in [-0.25, -0.2) is 0 Å². The minimum Gasteiger partial charge on any atom is -0.318 e. The van der Waals surface area contributed by atoms with Crippen molar-refractivity contribution in [2.45, 2.75) is 19.9 Å². The zero-order valence-electron chi connectivity index (χ0n) is 13.8. The normalized spacial score (nSPS) is 11.3. The standard InChI is InChI=1S/C17H17N7O/c1-10(2)24-9-13(8-20-24)21-17(25)16-14-4-3-11(5-15(14)22-23-16)12-6-18-19-7-12/h3-10H,1-2H3,(H,18,19)(H,21,25)(H,22,23). The summed E-state index contributed by atoms with van der Waals surface area (Å²) in [6.07, 6.45) is 6.99. The molecule has 0 unspecified atom stereocenters. The number of carbonyl (C=O) groups excluding carboxylic acids is 1. The fourth-order valence-electron chi connectivity index (χ4n) is 2.66. The highest BCUT2D eigenvalue weighted by molar-refractivity contribution is 6.11. The zero-order valence-corrected chi connectivity index (χ0v) is 13.8. The van der Waals surface area contributed by atoms with Crippen LogP contribution in [-0.2, 0) is 0 Å². The lowest BCUT2D eigenvalue weighted by Gasteiger charge is -2.03. The SMILES string of the molecule is CC(C)n1cc(NC(=O)c2n[nH]c3cc(-c4cn[nH]c4)ccc23)cn1. The Hall–Kier alpha value is -3.42. The van der Waals surface area contributed by atoms with Gasteiger partial charge in [0.25, 0.3) is 5.91 Å². The smallest absolute Gasteiger partial charge is 0.276 e. The molecule has 0 bridgehead atoms. The average molecular weight is 335 g/mol. The van der Waals surface area contributed by atoms with E-state index in [1.807, 2.05) is 38.2 Å². The van der Waals surface area contributed by atoms with Crippen molar-refractivity contribution in [2.24, 2.45) is 0 Å². The molecule has 0 radical (unpaired) electrons. The highest BCUT2D eigenvalue weighted by atomic mass is 16.2. The highest BCUT2D eigenvalue weighted by Crippen LogP contribution is 2.24. The molecule has 8 heteroatoms. The van der Waals surface area contributed by atoms with E-state index < -0.39 is 0 Å². The number of fused-ring (bicyclic) bond motifs is 1. The number of hydrogen-bond donors (Lipinski definition) is 3. The van der Waals surface area contributed by atoms with Crippen LogP contribution in [0.25, 0.3) is 22.0 Å². The number of rotatable bonds is 4. The number of aromatic nitrogens is 6. The Kier molecular flexibility index (Phi) is 3.57. The molecule has 3 aromatic heterocycles. The summed E-state index contributed by atoms with van der Waals surface area (Å²) in [5, 5.41) is 21.6.